The van der Waals surface area contributed by atoms with Crippen LogP contribution in [0, 0.1) is 4.91 Å². The molecule has 1 aromatic carbocycles. The average Bonchev–Trinajstić information content (AvgIpc) is 2.27. The van der Waals surface area contributed by atoms with E-state index in [1.54, 1.807) is 24.3 Å². The van der Waals surface area contributed by atoms with Gasteiger partial charge in [0, 0.05) is 11.0 Å². The number of rotatable bonds is 0. The molecule has 1 aromatic rings. The van der Waals surface area contributed by atoms with Crippen molar-refractivity contribution in [3.05, 3.63) is 29.2 Å². The van der Waals surface area contributed by atoms with Crippen LogP contribution in [0.5, 0.6) is 0 Å². The Morgan fingerprint density at radius 3 is 3.00 bits per heavy atom. The molecule has 1 atom stereocenters. The van der Waals surface area contributed by atoms with E-state index in [1.807, 2.05) is 0 Å². The highest BCUT2D eigenvalue weighted by Crippen LogP contribution is 2.33. The van der Waals surface area contributed by atoms with Crippen molar-refractivity contribution < 1.29 is 9.33 Å². The van der Waals surface area contributed by atoms with E-state index in [9.17, 15) is 9.47 Å². The van der Waals surface area contributed by atoms with Crippen LogP contribution >= 0.6 is 7.80 Å². The van der Waals surface area contributed by atoms with E-state index in [4.69, 9.17) is 0 Å². The molecular weight excluding hydrogens is 187 g/mol. The summed E-state index contributed by atoms with van der Waals surface area (Å²) < 4.78 is 11.8. The molecule has 1 aliphatic heterocycles. The van der Waals surface area contributed by atoms with Gasteiger partial charge in [-0.2, -0.15) is 0 Å². The fourth-order valence-corrected chi connectivity index (χ4v) is 1.88. The van der Waals surface area contributed by atoms with E-state index in [2.05, 4.69) is 4.99 Å². The molecule has 0 N–H and O–H groups in total. The summed E-state index contributed by atoms with van der Waals surface area (Å²) in [5.41, 5.74) is 1.07. The SMILES string of the molecule is O=[N+]1C[P+](=O)C=Nc2ccccc21. The van der Waals surface area contributed by atoms with Crippen LogP contribution in [0.15, 0.2) is 29.3 Å². The Balaban J connectivity index is 2.57. The van der Waals surface area contributed by atoms with Crippen LogP contribution in [-0.2, 0) is 4.57 Å². The van der Waals surface area contributed by atoms with Crippen LogP contribution in [0.4, 0.5) is 11.4 Å². The lowest BCUT2D eigenvalue weighted by Crippen LogP contribution is -1.97. The van der Waals surface area contributed by atoms with Crippen LogP contribution in [-0.4, -0.2) is 17.0 Å². The predicted molar refractivity (Wildman–Crippen MR) is 50.4 cm³/mol. The first-order valence-electron chi connectivity index (χ1n) is 3.79. The van der Waals surface area contributed by atoms with Crippen LogP contribution in [0.3, 0.4) is 0 Å². The van der Waals surface area contributed by atoms with Crippen molar-refractivity contribution in [2.24, 2.45) is 4.99 Å². The van der Waals surface area contributed by atoms with E-state index < -0.39 is 7.80 Å². The number of fused-ring (bicyclic) bond motifs is 1. The molecule has 5 heteroatoms. The second kappa shape index (κ2) is 3.15. The normalized spacial score (nSPS) is 18.2. The van der Waals surface area contributed by atoms with Gasteiger partial charge >= 0.3 is 14.1 Å². The first-order chi connectivity index (χ1) is 6.27. The molecule has 0 bridgehead atoms. The number of hydrogen-bond acceptors (Lipinski definition) is 3. The van der Waals surface area contributed by atoms with Gasteiger partial charge in [-0.3, -0.25) is 0 Å². The summed E-state index contributed by atoms with van der Waals surface area (Å²) >= 11 is 0. The highest BCUT2D eigenvalue weighted by molar-refractivity contribution is 7.61. The first-order valence-corrected chi connectivity index (χ1v) is 5.30. The Labute approximate surface area is 75.7 Å². The molecule has 1 unspecified atom stereocenters. The molecule has 2 rings (SSSR count). The Kier molecular flexibility index (Phi) is 1.99. The highest BCUT2D eigenvalue weighted by atomic mass is 31.1. The van der Waals surface area contributed by atoms with Crippen LogP contribution in [0.25, 0.3) is 0 Å². The summed E-state index contributed by atoms with van der Waals surface area (Å²) in [5.74, 6) is 1.34. The summed E-state index contributed by atoms with van der Waals surface area (Å²) in [6.45, 7) is 0. The molecule has 13 heavy (non-hydrogen) atoms. The molecule has 0 radical (unpaired) electrons. The molecule has 1 heterocycles. The maximum atomic E-state index is 11.4. The molecule has 0 fully saturated rings. The van der Waals surface area contributed by atoms with Crippen molar-refractivity contribution >= 4 is 25.1 Å². The lowest BCUT2D eigenvalue weighted by molar-refractivity contribution is -0.440. The Morgan fingerprint density at radius 2 is 2.15 bits per heavy atom. The van der Waals surface area contributed by atoms with E-state index in [0.717, 1.165) is 4.76 Å². The Morgan fingerprint density at radius 1 is 1.38 bits per heavy atom. The molecule has 0 aromatic heterocycles. The third-order valence-electron chi connectivity index (χ3n) is 1.74. The van der Waals surface area contributed by atoms with E-state index in [-0.39, 0.29) is 6.29 Å². The van der Waals surface area contributed by atoms with Crippen molar-refractivity contribution in [2.75, 3.05) is 6.29 Å². The standard InChI is InChI=1S/C8H7N2O2P/c11-10-6-13(12)5-9-7-3-1-2-4-8(7)10/h1-5H,6H2/q+2. The van der Waals surface area contributed by atoms with Crippen molar-refractivity contribution in [3.63, 3.8) is 0 Å². The lowest BCUT2D eigenvalue weighted by Gasteiger charge is -1.89. The van der Waals surface area contributed by atoms with E-state index >= 15 is 0 Å². The summed E-state index contributed by atoms with van der Waals surface area (Å²) in [7, 11) is -1.63. The van der Waals surface area contributed by atoms with Gasteiger partial charge in [0.15, 0.2) is 0 Å². The van der Waals surface area contributed by atoms with Gasteiger partial charge in [0.05, 0.1) is 4.76 Å². The van der Waals surface area contributed by atoms with Crippen molar-refractivity contribution in [2.45, 2.75) is 0 Å². The largest absolute Gasteiger partial charge is 0.464 e. The van der Waals surface area contributed by atoms with E-state index in [1.165, 1.54) is 5.96 Å². The van der Waals surface area contributed by atoms with Gasteiger partial charge < -0.3 is 0 Å². The minimum atomic E-state index is -1.63. The maximum absolute atomic E-state index is 11.4. The van der Waals surface area contributed by atoms with Crippen LogP contribution in [0.1, 0.15) is 0 Å². The fourth-order valence-electron chi connectivity index (χ4n) is 1.15. The molecule has 64 valence electrons. The average molecular weight is 194 g/mol. The smallest absolute Gasteiger partial charge is 0.204 e. The molecule has 0 saturated heterocycles. The fraction of sp³-hybridized carbons (Fsp3) is 0.125. The first kappa shape index (κ1) is 8.20. The number of para-hydroxylation sites is 2. The monoisotopic (exact) mass is 194 g/mol. The summed E-state index contributed by atoms with van der Waals surface area (Å²) in [4.78, 5) is 15.3. The van der Waals surface area contributed by atoms with Gasteiger partial charge in [-0.1, -0.05) is 16.7 Å². The van der Waals surface area contributed by atoms with Gasteiger partial charge in [-0.25, -0.2) is 4.99 Å². The van der Waals surface area contributed by atoms with Crippen molar-refractivity contribution in [3.8, 4) is 0 Å². The van der Waals surface area contributed by atoms with Gasteiger partial charge in [0.25, 0.3) is 11.6 Å². The van der Waals surface area contributed by atoms with Crippen LogP contribution < -0.4 is 0 Å². The highest BCUT2D eigenvalue weighted by Gasteiger charge is 2.32. The van der Waals surface area contributed by atoms with Gasteiger partial charge in [0.1, 0.15) is 5.69 Å². The third-order valence-corrected chi connectivity index (χ3v) is 2.65. The zero-order valence-electron chi connectivity index (χ0n) is 6.75. The van der Waals surface area contributed by atoms with Gasteiger partial charge in [-0.15, -0.1) is 0 Å². The van der Waals surface area contributed by atoms with Crippen molar-refractivity contribution in [1.82, 2.24) is 0 Å². The zero-order chi connectivity index (χ0) is 9.26. The third kappa shape index (κ3) is 1.53. The number of nitrogens with zero attached hydrogens (tertiary/aromatic N) is 2. The van der Waals surface area contributed by atoms with Crippen LogP contribution in [0.2, 0.25) is 0 Å². The number of hydrogen-bond donors (Lipinski definition) is 0. The van der Waals surface area contributed by atoms with E-state index in [0.29, 0.717) is 11.4 Å². The molecular formula is C8H7N2O2P+2. The van der Waals surface area contributed by atoms with Gasteiger partial charge in [-0.05, 0) is 6.07 Å². The van der Waals surface area contributed by atoms with Gasteiger partial charge in [0.2, 0.25) is 0 Å². The topological polar surface area (TPSA) is 49.5 Å². The lowest BCUT2D eigenvalue weighted by atomic mass is 10.3. The second-order valence-electron chi connectivity index (χ2n) is 2.67. The Bertz CT molecular complexity index is 414. The molecule has 1 aliphatic rings. The predicted octanol–water partition coefficient (Wildman–Crippen LogP) is 2.56. The quantitative estimate of drug-likeness (QED) is 0.470. The molecule has 4 nitrogen and oxygen atoms in total. The summed E-state index contributed by atoms with van der Waals surface area (Å²) in [6, 6.07) is 6.96. The summed E-state index contributed by atoms with van der Waals surface area (Å²) in [6.07, 6.45) is -0.00412. The summed E-state index contributed by atoms with van der Waals surface area (Å²) in [5, 5.41) is 0. The second-order valence-corrected chi connectivity index (χ2v) is 4.02. The maximum Gasteiger partial charge on any atom is 0.464 e. The molecule has 0 aliphatic carbocycles. The zero-order valence-corrected chi connectivity index (χ0v) is 7.65. The molecule has 0 saturated carbocycles. The molecule has 0 spiro atoms. The minimum Gasteiger partial charge on any atom is -0.204 e. The van der Waals surface area contributed by atoms with Crippen molar-refractivity contribution in [1.29, 1.82) is 0 Å². The molecule has 0 amide bonds. The Hall–Kier alpha value is -1.41. The number of benzene rings is 1. The number of nitroso groups, excluding NO2 is 1. The minimum absolute atomic E-state index is 0.00412. The number of aliphatic imine (C=N–C) groups is 1.